The molecule has 1 aromatic carbocycles. The molecule has 3 fully saturated rings. The van der Waals surface area contributed by atoms with Gasteiger partial charge >= 0.3 is 6.09 Å². The van der Waals surface area contributed by atoms with E-state index in [4.69, 9.17) is 19.0 Å². The van der Waals surface area contributed by atoms with Gasteiger partial charge in [-0.3, -0.25) is 9.88 Å². The van der Waals surface area contributed by atoms with Gasteiger partial charge in [-0.1, -0.05) is 12.1 Å². The van der Waals surface area contributed by atoms with Gasteiger partial charge in [-0.25, -0.2) is 4.79 Å². The zero-order valence-electron chi connectivity index (χ0n) is 18.2. The lowest BCUT2D eigenvalue weighted by molar-refractivity contribution is 0.0886. The fourth-order valence-electron chi connectivity index (χ4n) is 6.00. The molecule has 5 heterocycles. The summed E-state index contributed by atoms with van der Waals surface area (Å²) >= 11 is 0. The van der Waals surface area contributed by atoms with E-state index < -0.39 is 11.5 Å². The minimum absolute atomic E-state index is 0.122. The molecule has 0 spiro atoms. The first kappa shape index (κ1) is 19.6. The smallest absolute Gasteiger partial charge is 0.415 e. The molecule has 1 amide bonds. The average molecular weight is 455 g/mol. The van der Waals surface area contributed by atoms with Gasteiger partial charge in [0.15, 0.2) is 6.10 Å². The molecule has 2 saturated heterocycles. The fourth-order valence-corrected chi connectivity index (χ4v) is 6.00. The lowest BCUT2D eigenvalue weighted by Crippen LogP contribution is -2.36. The van der Waals surface area contributed by atoms with Crippen LogP contribution in [0.2, 0.25) is 0 Å². The van der Waals surface area contributed by atoms with Gasteiger partial charge in [0, 0.05) is 42.8 Å². The van der Waals surface area contributed by atoms with Crippen LogP contribution in [-0.4, -0.2) is 48.1 Å². The Morgan fingerprint density at radius 3 is 2.79 bits per heavy atom. The highest BCUT2D eigenvalue weighted by Gasteiger charge is 2.69. The van der Waals surface area contributed by atoms with Gasteiger partial charge in [0.05, 0.1) is 23.5 Å². The van der Waals surface area contributed by atoms with Gasteiger partial charge in [0.1, 0.15) is 18.3 Å². The standard InChI is InChI=1S/C25H21N5O4/c26-13-25(17-10-27-11-18(17)25)22-4-2-15(9-28-22)14-1-3-19-16(7-14)8-20-21(34-24(31)30(19)20)12-32-23-5-6-33-29-23/h1-7,9,17-18,20-21,27H,8,10-12H2/t17?,18?,20-,21-,25?/m0/s1. The molecule has 3 aromatic rings. The van der Waals surface area contributed by atoms with Crippen molar-refractivity contribution in [1.82, 2.24) is 15.5 Å². The Balaban J connectivity index is 1.11. The molecule has 0 bridgehead atoms. The highest BCUT2D eigenvalue weighted by atomic mass is 16.6. The van der Waals surface area contributed by atoms with Crippen LogP contribution >= 0.6 is 0 Å². The maximum atomic E-state index is 12.6. The summed E-state index contributed by atoms with van der Waals surface area (Å²) in [5, 5.41) is 16.9. The highest BCUT2D eigenvalue weighted by Crippen LogP contribution is 2.60. The summed E-state index contributed by atoms with van der Waals surface area (Å²) in [6.07, 6.45) is 3.22. The van der Waals surface area contributed by atoms with Gasteiger partial charge < -0.3 is 19.3 Å². The largest absolute Gasteiger partial charge is 0.471 e. The van der Waals surface area contributed by atoms with Crippen LogP contribution in [0.25, 0.3) is 11.1 Å². The van der Waals surface area contributed by atoms with E-state index in [0.717, 1.165) is 41.2 Å². The molecule has 4 aliphatic rings. The summed E-state index contributed by atoms with van der Waals surface area (Å²) in [5.41, 5.74) is 4.42. The number of nitrogens with one attached hydrogen (secondary N) is 1. The summed E-state index contributed by atoms with van der Waals surface area (Å²) in [6, 6.07) is 14.2. The molecule has 0 radical (unpaired) electrons. The maximum absolute atomic E-state index is 12.6. The Bertz CT molecular complexity index is 1310. The van der Waals surface area contributed by atoms with Gasteiger partial charge in [0.2, 0.25) is 0 Å². The van der Waals surface area contributed by atoms with E-state index in [1.165, 1.54) is 6.26 Å². The van der Waals surface area contributed by atoms with Crippen molar-refractivity contribution < 1.29 is 18.8 Å². The van der Waals surface area contributed by atoms with Crippen molar-refractivity contribution >= 4 is 11.8 Å². The van der Waals surface area contributed by atoms with Crippen LogP contribution in [0.5, 0.6) is 5.88 Å². The number of cyclic esters (lactones) is 1. The third-order valence-electron chi connectivity index (χ3n) is 7.77. The predicted molar refractivity (Wildman–Crippen MR) is 119 cm³/mol. The second-order valence-electron chi connectivity index (χ2n) is 9.34. The van der Waals surface area contributed by atoms with Crippen LogP contribution in [0.4, 0.5) is 10.5 Å². The number of carbonyl (C=O) groups is 1. The normalized spacial score (nSPS) is 30.3. The Morgan fingerprint density at radius 1 is 1.21 bits per heavy atom. The quantitative estimate of drug-likeness (QED) is 0.625. The van der Waals surface area contributed by atoms with Crippen molar-refractivity contribution in [1.29, 1.82) is 5.26 Å². The molecule has 1 N–H and O–H groups in total. The van der Waals surface area contributed by atoms with Crippen LogP contribution in [0.1, 0.15) is 11.3 Å². The molecule has 1 aliphatic carbocycles. The zero-order valence-corrected chi connectivity index (χ0v) is 18.2. The molecule has 7 rings (SSSR count). The van der Waals surface area contributed by atoms with Gasteiger partial charge in [-0.15, -0.1) is 0 Å². The first-order chi connectivity index (χ1) is 16.7. The number of nitriles is 1. The third kappa shape index (κ3) is 2.66. The monoisotopic (exact) mass is 455 g/mol. The number of nitrogens with zero attached hydrogens (tertiary/aromatic N) is 4. The minimum Gasteiger partial charge on any atom is -0.471 e. The molecule has 34 heavy (non-hydrogen) atoms. The molecular formula is C25H21N5O4. The zero-order chi connectivity index (χ0) is 22.9. The maximum Gasteiger partial charge on any atom is 0.415 e. The van der Waals surface area contributed by atoms with E-state index in [1.807, 2.05) is 30.5 Å². The highest BCUT2D eigenvalue weighted by molar-refractivity contribution is 5.94. The van der Waals surface area contributed by atoms with E-state index in [0.29, 0.717) is 24.1 Å². The van der Waals surface area contributed by atoms with Crippen molar-refractivity contribution in [2.24, 2.45) is 11.8 Å². The van der Waals surface area contributed by atoms with E-state index >= 15 is 0 Å². The Hall–Kier alpha value is -3.90. The van der Waals surface area contributed by atoms with E-state index in [-0.39, 0.29) is 18.7 Å². The van der Waals surface area contributed by atoms with Crippen LogP contribution in [0.3, 0.4) is 0 Å². The number of benzene rings is 1. The molecule has 9 heteroatoms. The molecule has 4 atom stereocenters. The number of ether oxygens (including phenoxy) is 2. The van der Waals surface area contributed by atoms with E-state index in [1.54, 1.807) is 11.0 Å². The lowest BCUT2D eigenvalue weighted by atomic mass is 9.95. The molecular weight excluding hydrogens is 434 g/mol. The molecule has 170 valence electrons. The minimum atomic E-state index is -0.435. The molecule has 9 nitrogen and oxygen atoms in total. The van der Waals surface area contributed by atoms with Crippen LogP contribution in [0, 0.1) is 23.2 Å². The van der Waals surface area contributed by atoms with E-state index in [9.17, 15) is 10.1 Å². The number of anilines is 1. The number of pyridine rings is 1. The Kier molecular flexibility index (Phi) is 4.05. The SMILES string of the molecule is N#CC1(c2ccc(-c3ccc4c(c3)C[C@H]3[C@H](COc5ccon5)OC(=O)N43)cn2)C2CNCC21. The predicted octanol–water partition coefficient (Wildman–Crippen LogP) is 2.68. The van der Waals surface area contributed by atoms with E-state index in [2.05, 4.69) is 22.6 Å². The topological polar surface area (TPSA) is 114 Å². The van der Waals surface area contributed by atoms with Crippen molar-refractivity contribution in [3.05, 3.63) is 60.1 Å². The number of hydrogen-bond donors (Lipinski definition) is 1. The summed E-state index contributed by atoms with van der Waals surface area (Å²) < 4.78 is 15.9. The van der Waals surface area contributed by atoms with Crippen molar-refractivity contribution in [3.63, 3.8) is 0 Å². The average Bonchev–Trinajstić information content (AvgIpc) is 3.48. The first-order valence-corrected chi connectivity index (χ1v) is 11.4. The van der Waals surface area contributed by atoms with Gasteiger partial charge in [-0.05, 0) is 40.9 Å². The summed E-state index contributed by atoms with van der Waals surface area (Å²) in [7, 11) is 0. The Labute approximate surface area is 195 Å². The summed E-state index contributed by atoms with van der Waals surface area (Å²) in [4.78, 5) is 19.0. The van der Waals surface area contributed by atoms with Crippen LogP contribution in [0.15, 0.2) is 53.4 Å². The number of piperidine rings is 1. The lowest BCUT2D eigenvalue weighted by Gasteiger charge is -2.16. The summed E-state index contributed by atoms with van der Waals surface area (Å²) in [5.74, 6) is 1.10. The number of rotatable bonds is 5. The van der Waals surface area contributed by atoms with Crippen molar-refractivity contribution in [2.75, 3.05) is 24.6 Å². The molecule has 2 unspecified atom stereocenters. The first-order valence-electron chi connectivity index (χ1n) is 11.4. The van der Waals surface area contributed by atoms with Crippen LogP contribution in [-0.2, 0) is 16.6 Å². The third-order valence-corrected chi connectivity index (χ3v) is 7.77. The fraction of sp³-hybridized carbons (Fsp3) is 0.360. The molecule has 2 aromatic heterocycles. The van der Waals surface area contributed by atoms with Gasteiger partial charge in [-0.2, -0.15) is 5.26 Å². The number of carbonyl (C=O) groups excluding carboxylic acids is 1. The van der Waals surface area contributed by atoms with Crippen LogP contribution < -0.4 is 15.0 Å². The molecule has 1 saturated carbocycles. The van der Waals surface area contributed by atoms with Gasteiger partial charge in [0.25, 0.3) is 5.88 Å². The number of hydrogen-bond acceptors (Lipinski definition) is 8. The van der Waals surface area contributed by atoms with Crippen molar-refractivity contribution in [3.8, 4) is 23.1 Å². The number of fused-ring (bicyclic) bond motifs is 4. The van der Waals surface area contributed by atoms with Crippen molar-refractivity contribution in [2.45, 2.75) is 24.0 Å². The molecule has 3 aliphatic heterocycles. The summed E-state index contributed by atoms with van der Waals surface area (Å²) in [6.45, 7) is 1.98. The second-order valence-corrected chi connectivity index (χ2v) is 9.34. The Morgan fingerprint density at radius 2 is 2.06 bits per heavy atom. The number of aromatic nitrogens is 2. The second kappa shape index (κ2) is 7.05. The number of amides is 1.